The Morgan fingerprint density at radius 1 is 1.56 bits per heavy atom. The fourth-order valence-electron chi connectivity index (χ4n) is 2.30. The Labute approximate surface area is 107 Å². The van der Waals surface area contributed by atoms with E-state index in [0.29, 0.717) is 24.7 Å². The van der Waals surface area contributed by atoms with Crippen LogP contribution in [-0.2, 0) is 6.54 Å². The van der Waals surface area contributed by atoms with Crippen LogP contribution in [0.2, 0.25) is 0 Å². The van der Waals surface area contributed by atoms with Crippen molar-refractivity contribution in [3.63, 3.8) is 0 Å². The van der Waals surface area contributed by atoms with E-state index < -0.39 is 0 Å². The maximum absolute atomic E-state index is 9.20. The first-order chi connectivity index (χ1) is 8.83. The van der Waals surface area contributed by atoms with Crippen molar-refractivity contribution in [3.8, 4) is 6.07 Å². The second-order valence-electron chi connectivity index (χ2n) is 4.69. The minimum atomic E-state index is -0.379. The Morgan fingerprint density at radius 3 is 3.00 bits per heavy atom. The molecule has 18 heavy (non-hydrogen) atoms. The molecule has 0 aliphatic heterocycles. The van der Waals surface area contributed by atoms with Crippen LogP contribution in [0, 0.1) is 11.3 Å². The number of aliphatic hydroxyl groups is 1. The van der Waals surface area contributed by atoms with E-state index in [1.165, 1.54) is 12.8 Å². The van der Waals surface area contributed by atoms with E-state index in [1.54, 1.807) is 10.9 Å². The van der Waals surface area contributed by atoms with Gasteiger partial charge in [0.25, 0.3) is 0 Å². The summed E-state index contributed by atoms with van der Waals surface area (Å²) in [5.74, 6) is 0. The van der Waals surface area contributed by atoms with Gasteiger partial charge in [0.05, 0.1) is 12.3 Å². The molecule has 1 aliphatic rings. The van der Waals surface area contributed by atoms with Gasteiger partial charge in [0.2, 0.25) is 0 Å². The highest BCUT2D eigenvalue weighted by atomic mass is 16.3. The molecule has 0 amide bonds. The molecule has 1 unspecified atom stereocenters. The van der Waals surface area contributed by atoms with E-state index in [0.717, 1.165) is 12.8 Å². The molecule has 1 saturated carbocycles. The third-order valence-electron chi connectivity index (χ3n) is 3.28. The van der Waals surface area contributed by atoms with Crippen LogP contribution in [0.25, 0.3) is 0 Å². The molecule has 0 spiro atoms. The highest BCUT2D eigenvalue weighted by Gasteiger charge is 2.21. The maximum Gasteiger partial charge on any atom is 0.142 e. The van der Waals surface area contributed by atoms with E-state index in [4.69, 9.17) is 5.11 Å². The standard InChI is InChI=1S/C12H19N5O/c13-8-11(14-10-4-1-2-5-10)12-9-17(16-15-12)6-3-7-18/h9-11,14,18H,1-7H2. The smallest absolute Gasteiger partial charge is 0.142 e. The number of aliphatic hydroxyl groups excluding tert-OH is 1. The molecule has 2 N–H and O–H groups in total. The first-order valence-electron chi connectivity index (χ1n) is 6.50. The number of hydrogen-bond donors (Lipinski definition) is 2. The van der Waals surface area contributed by atoms with Crippen LogP contribution in [0.3, 0.4) is 0 Å². The predicted octanol–water partition coefficient (Wildman–Crippen LogP) is 0.757. The van der Waals surface area contributed by atoms with Crippen molar-refractivity contribution < 1.29 is 5.11 Å². The lowest BCUT2D eigenvalue weighted by atomic mass is 10.2. The summed E-state index contributed by atoms with van der Waals surface area (Å²) in [6.07, 6.45) is 7.17. The molecule has 0 radical (unpaired) electrons. The Morgan fingerprint density at radius 2 is 2.33 bits per heavy atom. The lowest BCUT2D eigenvalue weighted by molar-refractivity contribution is 0.276. The van der Waals surface area contributed by atoms with E-state index in [2.05, 4.69) is 21.7 Å². The van der Waals surface area contributed by atoms with Crippen LogP contribution in [0.5, 0.6) is 0 Å². The summed E-state index contributed by atoms with van der Waals surface area (Å²) in [5, 5.41) is 29.3. The largest absolute Gasteiger partial charge is 0.396 e. The molecule has 1 atom stereocenters. The van der Waals surface area contributed by atoms with Gasteiger partial charge in [-0.25, -0.2) is 0 Å². The SMILES string of the molecule is N#CC(NC1CCCC1)c1cn(CCCO)nn1. The minimum Gasteiger partial charge on any atom is -0.396 e. The zero-order valence-electron chi connectivity index (χ0n) is 10.4. The van der Waals surface area contributed by atoms with Crippen LogP contribution in [0.15, 0.2) is 6.20 Å². The molecule has 2 rings (SSSR count). The number of nitrogens with zero attached hydrogens (tertiary/aromatic N) is 4. The molecule has 0 saturated heterocycles. The first-order valence-corrected chi connectivity index (χ1v) is 6.50. The topological polar surface area (TPSA) is 86.8 Å². The Balaban J connectivity index is 1.94. The number of nitriles is 1. The van der Waals surface area contributed by atoms with E-state index in [-0.39, 0.29) is 12.6 Å². The fraction of sp³-hybridized carbons (Fsp3) is 0.750. The van der Waals surface area contributed by atoms with Crippen LogP contribution < -0.4 is 5.32 Å². The second kappa shape index (κ2) is 6.47. The molecular formula is C12H19N5O. The van der Waals surface area contributed by atoms with Crippen LogP contribution in [0.4, 0.5) is 0 Å². The van der Waals surface area contributed by atoms with E-state index in [9.17, 15) is 5.26 Å². The summed E-state index contributed by atoms with van der Waals surface area (Å²) in [6, 6.07) is 2.29. The normalized spacial score (nSPS) is 17.8. The Kier molecular flexibility index (Phi) is 4.67. The average Bonchev–Trinajstić information content (AvgIpc) is 3.04. The summed E-state index contributed by atoms with van der Waals surface area (Å²) < 4.78 is 1.67. The molecule has 0 aromatic carbocycles. The fourth-order valence-corrected chi connectivity index (χ4v) is 2.30. The number of rotatable bonds is 6. The van der Waals surface area contributed by atoms with Gasteiger partial charge >= 0.3 is 0 Å². The van der Waals surface area contributed by atoms with Crippen LogP contribution in [0.1, 0.15) is 43.8 Å². The van der Waals surface area contributed by atoms with Gasteiger partial charge < -0.3 is 5.11 Å². The minimum absolute atomic E-state index is 0.136. The van der Waals surface area contributed by atoms with Crippen molar-refractivity contribution in [3.05, 3.63) is 11.9 Å². The second-order valence-corrected chi connectivity index (χ2v) is 4.69. The number of hydrogen-bond acceptors (Lipinski definition) is 5. The van der Waals surface area contributed by atoms with Gasteiger partial charge in [0.1, 0.15) is 11.7 Å². The maximum atomic E-state index is 9.20. The third-order valence-corrected chi connectivity index (χ3v) is 3.28. The van der Waals surface area contributed by atoms with E-state index in [1.807, 2.05) is 0 Å². The molecule has 0 bridgehead atoms. The van der Waals surface area contributed by atoms with Gasteiger partial charge in [-0.1, -0.05) is 18.1 Å². The highest BCUT2D eigenvalue weighted by Crippen LogP contribution is 2.21. The Bertz CT molecular complexity index is 405. The monoisotopic (exact) mass is 249 g/mol. The molecule has 1 aliphatic carbocycles. The van der Waals surface area contributed by atoms with Crippen LogP contribution in [-0.4, -0.2) is 32.7 Å². The lowest BCUT2D eigenvalue weighted by Crippen LogP contribution is -2.30. The third kappa shape index (κ3) is 3.28. The van der Waals surface area contributed by atoms with Gasteiger partial charge in [-0.15, -0.1) is 5.10 Å². The first kappa shape index (κ1) is 13.0. The number of aromatic nitrogens is 3. The zero-order chi connectivity index (χ0) is 12.8. The summed E-state index contributed by atoms with van der Waals surface area (Å²) >= 11 is 0. The summed E-state index contributed by atoms with van der Waals surface area (Å²) in [7, 11) is 0. The van der Waals surface area contributed by atoms with Crippen molar-refractivity contribution in [1.29, 1.82) is 5.26 Å². The molecule has 1 aromatic rings. The van der Waals surface area contributed by atoms with Crippen molar-refractivity contribution >= 4 is 0 Å². The van der Waals surface area contributed by atoms with Crippen molar-refractivity contribution in [2.75, 3.05) is 6.61 Å². The van der Waals surface area contributed by atoms with Crippen molar-refractivity contribution in [2.45, 2.75) is 50.7 Å². The Hall–Kier alpha value is -1.45. The lowest BCUT2D eigenvalue weighted by Gasteiger charge is -2.14. The summed E-state index contributed by atoms with van der Waals surface area (Å²) in [6.45, 7) is 0.766. The zero-order valence-corrected chi connectivity index (χ0v) is 10.4. The quantitative estimate of drug-likeness (QED) is 0.777. The molecule has 6 nitrogen and oxygen atoms in total. The summed E-state index contributed by atoms with van der Waals surface area (Å²) in [5.41, 5.74) is 0.669. The molecule has 6 heteroatoms. The highest BCUT2D eigenvalue weighted by molar-refractivity contribution is 5.11. The van der Waals surface area contributed by atoms with Crippen molar-refractivity contribution in [2.24, 2.45) is 0 Å². The molecule has 1 heterocycles. The van der Waals surface area contributed by atoms with Gasteiger partial charge in [-0.3, -0.25) is 10.00 Å². The van der Waals surface area contributed by atoms with Gasteiger partial charge in [0.15, 0.2) is 0 Å². The molecule has 1 aromatic heterocycles. The number of nitrogens with one attached hydrogen (secondary N) is 1. The molecule has 1 fully saturated rings. The predicted molar refractivity (Wildman–Crippen MR) is 65.5 cm³/mol. The molecular weight excluding hydrogens is 230 g/mol. The average molecular weight is 249 g/mol. The summed E-state index contributed by atoms with van der Waals surface area (Å²) in [4.78, 5) is 0. The molecule has 98 valence electrons. The van der Waals surface area contributed by atoms with Gasteiger partial charge in [-0.2, -0.15) is 5.26 Å². The van der Waals surface area contributed by atoms with Crippen LogP contribution >= 0.6 is 0 Å². The van der Waals surface area contributed by atoms with Gasteiger partial charge in [-0.05, 0) is 19.3 Å². The van der Waals surface area contributed by atoms with Gasteiger partial charge in [0, 0.05) is 19.2 Å². The number of aryl methyl sites for hydroxylation is 1. The van der Waals surface area contributed by atoms with E-state index >= 15 is 0 Å². The van der Waals surface area contributed by atoms with Crippen molar-refractivity contribution in [1.82, 2.24) is 20.3 Å².